The smallest absolute Gasteiger partial charge is 0.314 e. The number of carboxylic acids is 1. The molecule has 4 rings (SSSR count). The zero-order valence-corrected chi connectivity index (χ0v) is 15.3. The molecule has 1 aliphatic carbocycles. The molecule has 1 saturated carbocycles. The highest BCUT2D eigenvalue weighted by Crippen LogP contribution is 2.64. The molecule has 0 amide bonds. The van der Waals surface area contributed by atoms with Gasteiger partial charge >= 0.3 is 5.97 Å². The van der Waals surface area contributed by atoms with Gasteiger partial charge in [0.1, 0.15) is 5.41 Å². The highest BCUT2D eigenvalue weighted by Gasteiger charge is 2.75. The molecule has 1 fully saturated rings. The van der Waals surface area contributed by atoms with E-state index in [0.29, 0.717) is 17.1 Å². The summed E-state index contributed by atoms with van der Waals surface area (Å²) in [6.45, 7) is 1.11. The van der Waals surface area contributed by atoms with Crippen LogP contribution >= 0.6 is 0 Å². The fraction of sp³-hybridized carbons (Fsp3) is 0.316. The number of fused-ring (bicyclic) bond motifs is 1. The molecule has 0 aromatic heterocycles. The van der Waals surface area contributed by atoms with Crippen LogP contribution in [-0.2, 0) is 14.6 Å². The number of hydrogen-bond donors (Lipinski definition) is 2. The van der Waals surface area contributed by atoms with Crippen molar-refractivity contribution in [2.45, 2.75) is 23.0 Å². The highest BCUT2D eigenvalue weighted by atomic mass is 32.2. The second-order valence-electron chi connectivity index (χ2n) is 6.87. The summed E-state index contributed by atoms with van der Waals surface area (Å²) in [7, 11) is -3.97. The largest absolute Gasteiger partial charge is 0.481 e. The zero-order chi connectivity index (χ0) is 19.4. The minimum Gasteiger partial charge on any atom is -0.481 e. The van der Waals surface area contributed by atoms with Gasteiger partial charge in [0.25, 0.3) is 0 Å². The maximum atomic E-state index is 13.2. The maximum Gasteiger partial charge on any atom is 0.314 e. The molecule has 3 atom stereocenters. The van der Waals surface area contributed by atoms with Gasteiger partial charge in [-0.1, -0.05) is 23.8 Å². The number of aryl methyl sites for hydroxylation is 1. The summed E-state index contributed by atoms with van der Waals surface area (Å²) in [4.78, 5) is 12.0. The Morgan fingerprint density at radius 1 is 1.15 bits per heavy atom. The second-order valence-corrected chi connectivity index (χ2v) is 8.94. The van der Waals surface area contributed by atoms with Crippen LogP contribution in [0.25, 0.3) is 0 Å². The molecular formula is C19H18O7S. The molecule has 7 nitrogen and oxygen atoms in total. The number of aliphatic hydroxyl groups is 1. The van der Waals surface area contributed by atoms with Crippen LogP contribution in [0.15, 0.2) is 47.4 Å². The summed E-state index contributed by atoms with van der Waals surface area (Å²) < 4.78 is 36.9. The summed E-state index contributed by atoms with van der Waals surface area (Å²) in [6.07, 6.45) is 0. The molecule has 0 saturated heterocycles. The van der Waals surface area contributed by atoms with Crippen LogP contribution in [0.3, 0.4) is 0 Å². The fourth-order valence-corrected chi connectivity index (χ4v) is 6.19. The third kappa shape index (κ3) is 2.51. The van der Waals surface area contributed by atoms with Gasteiger partial charge in [-0.05, 0) is 36.8 Å². The van der Waals surface area contributed by atoms with Gasteiger partial charge in [-0.25, -0.2) is 8.42 Å². The molecule has 2 N–H and O–H groups in total. The van der Waals surface area contributed by atoms with Gasteiger partial charge in [0.2, 0.25) is 6.79 Å². The first-order valence-corrected chi connectivity index (χ1v) is 9.91. The molecule has 1 heterocycles. The SMILES string of the molecule is Cc1ccc(S(=O)(=O)[C@@H]2[C@@H](c3ccc4c(c3)OCO4)[C@]2(CO)C(=O)O)cc1. The first-order chi connectivity index (χ1) is 12.8. The lowest BCUT2D eigenvalue weighted by Gasteiger charge is -2.10. The van der Waals surface area contributed by atoms with Crippen LogP contribution in [0.4, 0.5) is 0 Å². The number of sulfone groups is 1. The van der Waals surface area contributed by atoms with E-state index >= 15 is 0 Å². The number of hydrogen-bond acceptors (Lipinski definition) is 6. The number of carbonyl (C=O) groups is 1. The molecule has 142 valence electrons. The average Bonchev–Trinajstić information content (AvgIpc) is 3.15. The molecular weight excluding hydrogens is 372 g/mol. The topological polar surface area (TPSA) is 110 Å². The van der Waals surface area contributed by atoms with E-state index < -0.39 is 39.0 Å². The minimum atomic E-state index is -3.97. The Morgan fingerprint density at radius 3 is 2.44 bits per heavy atom. The Hall–Kier alpha value is -2.58. The summed E-state index contributed by atoms with van der Waals surface area (Å²) in [5.74, 6) is -1.28. The van der Waals surface area contributed by atoms with Gasteiger partial charge in [-0.3, -0.25) is 4.79 Å². The van der Waals surface area contributed by atoms with Crippen molar-refractivity contribution in [1.29, 1.82) is 0 Å². The second kappa shape index (κ2) is 5.97. The summed E-state index contributed by atoms with van der Waals surface area (Å²) in [6, 6.07) is 11.1. The minimum absolute atomic E-state index is 0.0421. The van der Waals surface area contributed by atoms with Crippen LogP contribution in [0.5, 0.6) is 11.5 Å². The van der Waals surface area contributed by atoms with Gasteiger partial charge in [0, 0.05) is 5.92 Å². The van der Waals surface area contributed by atoms with Crippen molar-refractivity contribution in [2.24, 2.45) is 5.41 Å². The van der Waals surface area contributed by atoms with Crippen molar-refractivity contribution in [2.75, 3.05) is 13.4 Å². The Labute approximate surface area is 156 Å². The fourth-order valence-electron chi connectivity index (χ4n) is 3.82. The molecule has 2 aliphatic rings. The van der Waals surface area contributed by atoms with Crippen molar-refractivity contribution in [3.05, 3.63) is 53.6 Å². The van der Waals surface area contributed by atoms with E-state index in [9.17, 15) is 23.4 Å². The van der Waals surface area contributed by atoms with E-state index in [4.69, 9.17) is 9.47 Å². The van der Waals surface area contributed by atoms with Crippen molar-refractivity contribution >= 4 is 15.8 Å². The molecule has 0 spiro atoms. The molecule has 8 heteroatoms. The van der Waals surface area contributed by atoms with Gasteiger partial charge in [0.15, 0.2) is 21.3 Å². The quantitative estimate of drug-likeness (QED) is 0.800. The van der Waals surface area contributed by atoms with Crippen molar-refractivity contribution < 1.29 is 32.9 Å². The van der Waals surface area contributed by atoms with E-state index in [2.05, 4.69) is 0 Å². The molecule has 0 radical (unpaired) electrons. The van der Waals surface area contributed by atoms with Crippen LogP contribution < -0.4 is 9.47 Å². The van der Waals surface area contributed by atoms with Gasteiger partial charge < -0.3 is 19.7 Å². The third-order valence-corrected chi connectivity index (χ3v) is 7.65. The Bertz CT molecular complexity index is 1010. The molecule has 2 aromatic carbocycles. The lowest BCUT2D eigenvalue weighted by atomic mass is 10.00. The first kappa shape index (κ1) is 17.8. The average molecular weight is 390 g/mol. The van der Waals surface area contributed by atoms with Gasteiger partial charge in [-0.2, -0.15) is 0 Å². The number of carboxylic acid groups (broad SMARTS) is 1. The number of benzene rings is 2. The highest BCUT2D eigenvalue weighted by molar-refractivity contribution is 7.92. The van der Waals surface area contributed by atoms with Crippen molar-refractivity contribution in [1.82, 2.24) is 0 Å². The normalized spacial score (nSPS) is 26.0. The van der Waals surface area contributed by atoms with E-state index in [1.807, 2.05) is 6.92 Å². The van der Waals surface area contributed by atoms with Crippen molar-refractivity contribution in [3.8, 4) is 11.5 Å². The van der Waals surface area contributed by atoms with E-state index in [1.165, 1.54) is 12.1 Å². The molecule has 27 heavy (non-hydrogen) atoms. The maximum absolute atomic E-state index is 13.2. The van der Waals surface area contributed by atoms with E-state index in [-0.39, 0.29) is 11.7 Å². The number of aliphatic carboxylic acids is 1. The predicted octanol–water partition coefficient (Wildman–Crippen LogP) is 1.73. The Kier molecular flexibility index (Phi) is 3.94. The summed E-state index contributed by atoms with van der Waals surface area (Å²) in [5.41, 5.74) is -0.419. The first-order valence-electron chi connectivity index (χ1n) is 8.37. The Balaban J connectivity index is 1.80. The lowest BCUT2D eigenvalue weighted by Crippen LogP contribution is -2.27. The zero-order valence-electron chi connectivity index (χ0n) is 14.5. The van der Waals surface area contributed by atoms with E-state index in [1.54, 1.807) is 30.3 Å². The number of aliphatic hydroxyl groups excluding tert-OH is 1. The number of rotatable bonds is 5. The molecule has 2 aromatic rings. The Morgan fingerprint density at radius 2 is 1.81 bits per heavy atom. The molecule has 0 unspecified atom stereocenters. The molecule has 0 bridgehead atoms. The van der Waals surface area contributed by atoms with Gasteiger partial charge in [0.05, 0.1) is 16.8 Å². The van der Waals surface area contributed by atoms with Crippen molar-refractivity contribution in [3.63, 3.8) is 0 Å². The summed E-state index contributed by atoms with van der Waals surface area (Å²) in [5, 5.41) is 18.4. The summed E-state index contributed by atoms with van der Waals surface area (Å²) >= 11 is 0. The monoisotopic (exact) mass is 390 g/mol. The number of ether oxygens (including phenoxy) is 2. The predicted molar refractivity (Wildman–Crippen MR) is 94.6 cm³/mol. The van der Waals surface area contributed by atoms with Crippen LogP contribution in [0, 0.1) is 12.3 Å². The van der Waals surface area contributed by atoms with Gasteiger partial charge in [-0.15, -0.1) is 0 Å². The third-order valence-electron chi connectivity index (χ3n) is 5.36. The van der Waals surface area contributed by atoms with Crippen LogP contribution in [0.2, 0.25) is 0 Å². The van der Waals surface area contributed by atoms with Crippen LogP contribution in [-0.4, -0.2) is 43.2 Å². The van der Waals surface area contributed by atoms with Crippen LogP contribution in [0.1, 0.15) is 17.0 Å². The lowest BCUT2D eigenvalue weighted by molar-refractivity contribution is -0.145. The molecule has 1 aliphatic heterocycles. The van der Waals surface area contributed by atoms with E-state index in [0.717, 1.165) is 5.56 Å². The standard InChI is InChI=1S/C19H18O7S/c1-11-2-5-13(6-3-11)27(23,24)17-16(19(17,9-20)18(21)22)12-4-7-14-15(8-12)26-10-25-14/h2-8,16-17,20H,9-10H2,1H3,(H,21,22)/t16-,17-,19+/m1/s1.